The van der Waals surface area contributed by atoms with E-state index < -0.39 is 0 Å². The van der Waals surface area contributed by atoms with Crippen LogP contribution in [-0.2, 0) is 6.42 Å². The van der Waals surface area contributed by atoms with Crippen molar-refractivity contribution in [3.63, 3.8) is 0 Å². The van der Waals surface area contributed by atoms with Gasteiger partial charge in [0, 0.05) is 5.56 Å². The molecule has 0 aliphatic rings. The second-order valence-electron chi connectivity index (χ2n) is 5.33. The van der Waals surface area contributed by atoms with Crippen LogP contribution in [-0.4, -0.2) is 16.0 Å². The van der Waals surface area contributed by atoms with E-state index in [9.17, 15) is 15.0 Å². The van der Waals surface area contributed by atoms with E-state index in [-0.39, 0.29) is 22.8 Å². The van der Waals surface area contributed by atoms with Crippen molar-refractivity contribution in [1.82, 2.24) is 0 Å². The Kier molecular flexibility index (Phi) is 4.08. The molecule has 3 nitrogen and oxygen atoms in total. The first-order chi connectivity index (χ1) is 9.47. The summed E-state index contributed by atoms with van der Waals surface area (Å²) < 4.78 is 0. The third kappa shape index (κ3) is 3.18. The van der Waals surface area contributed by atoms with Crippen molar-refractivity contribution < 1.29 is 15.0 Å². The summed E-state index contributed by atoms with van der Waals surface area (Å²) in [5.41, 5.74) is 1.79. The number of carbonyl (C=O) groups excluding carboxylic acids is 1. The highest BCUT2D eigenvalue weighted by atomic mass is 16.3. The van der Waals surface area contributed by atoms with Crippen LogP contribution in [0.2, 0.25) is 0 Å². The van der Waals surface area contributed by atoms with E-state index in [1.54, 1.807) is 12.1 Å². The molecule has 2 rings (SSSR count). The molecule has 0 aliphatic heterocycles. The highest BCUT2D eigenvalue weighted by molar-refractivity contribution is 6.10. The van der Waals surface area contributed by atoms with Gasteiger partial charge in [-0.2, -0.15) is 0 Å². The summed E-state index contributed by atoms with van der Waals surface area (Å²) in [7, 11) is 0. The lowest BCUT2D eigenvalue weighted by atomic mass is 9.98. The normalized spacial score (nSPS) is 10.8. The molecule has 0 unspecified atom stereocenters. The van der Waals surface area contributed by atoms with Crippen LogP contribution in [0.5, 0.6) is 11.5 Å². The Balaban J connectivity index is 2.27. The molecule has 3 heteroatoms. The zero-order valence-electron chi connectivity index (χ0n) is 11.6. The summed E-state index contributed by atoms with van der Waals surface area (Å²) in [6, 6.07) is 11.3. The van der Waals surface area contributed by atoms with Crippen molar-refractivity contribution in [2.75, 3.05) is 0 Å². The maximum Gasteiger partial charge on any atom is 0.196 e. The lowest BCUT2D eigenvalue weighted by molar-refractivity contribution is 0.103. The lowest BCUT2D eigenvalue weighted by Crippen LogP contribution is -2.02. The summed E-state index contributed by atoms with van der Waals surface area (Å²) in [5, 5.41) is 19.1. The molecule has 2 N–H and O–H groups in total. The first-order valence-electron chi connectivity index (χ1n) is 6.63. The van der Waals surface area contributed by atoms with Gasteiger partial charge in [-0.15, -0.1) is 0 Å². The van der Waals surface area contributed by atoms with Gasteiger partial charge < -0.3 is 10.2 Å². The Labute approximate surface area is 118 Å². The number of rotatable bonds is 4. The first-order valence-corrected chi connectivity index (χ1v) is 6.63. The number of carbonyl (C=O) groups is 1. The molecule has 0 aromatic heterocycles. The highest BCUT2D eigenvalue weighted by Gasteiger charge is 2.14. The molecular weight excluding hydrogens is 252 g/mol. The fraction of sp³-hybridized carbons (Fsp3) is 0.235. The van der Waals surface area contributed by atoms with Crippen molar-refractivity contribution in [3.05, 3.63) is 59.2 Å². The van der Waals surface area contributed by atoms with Gasteiger partial charge in [0.2, 0.25) is 0 Å². The molecular formula is C17H18O3. The molecule has 2 aromatic carbocycles. The van der Waals surface area contributed by atoms with Gasteiger partial charge >= 0.3 is 0 Å². The largest absolute Gasteiger partial charge is 0.508 e. The van der Waals surface area contributed by atoms with Crippen molar-refractivity contribution >= 4 is 5.78 Å². The van der Waals surface area contributed by atoms with E-state index in [0.29, 0.717) is 11.5 Å². The highest BCUT2D eigenvalue weighted by Crippen LogP contribution is 2.25. The van der Waals surface area contributed by atoms with E-state index in [0.717, 1.165) is 6.42 Å². The van der Waals surface area contributed by atoms with Crippen molar-refractivity contribution in [2.24, 2.45) is 5.92 Å². The van der Waals surface area contributed by atoms with E-state index >= 15 is 0 Å². The molecule has 2 aromatic rings. The van der Waals surface area contributed by atoms with Gasteiger partial charge in [0.1, 0.15) is 11.5 Å². The predicted octanol–water partition coefficient (Wildman–Crippen LogP) is 3.53. The number of aromatic hydroxyl groups is 2. The molecule has 0 saturated carbocycles. The summed E-state index contributed by atoms with van der Waals surface area (Å²) in [6.45, 7) is 4.29. The molecule has 0 amide bonds. The maximum absolute atomic E-state index is 12.3. The SMILES string of the molecule is CC(C)Cc1ccc(C(=O)c2cc(O)ccc2O)cc1. The van der Waals surface area contributed by atoms with Crippen LogP contribution in [0.4, 0.5) is 0 Å². The molecule has 0 spiro atoms. The minimum atomic E-state index is -0.297. The number of ketones is 1. The van der Waals surface area contributed by atoms with Gasteiger partial charge in [0.05, 0.1) is 5.56 Å². The third-order valence-corrected chi connectivity index (χ3v) is 3.08. The predicted molar refractivity (Wildman–Crippen MR) is 78.2 cm³/mol. The van der Waals surface area contributed by atoms with Gasteiger partial charge in [-0.05, 0) is 36.1 Å². The fourth-order valence-corrected chi connectivity index (χ4v) is 2.13. The van der Waals surface area contributed by atoms with Gasteiger partial charge in [0.25, 0.3) is 0 Å². The second-order valence-corrected chi connectivity index (χ2v) is 5.33. The molecule has 0 heterocycles. The Bertz CT molecular complexity index is 613. The van der Waals surface area contributed by atoms with Crippen LogP contribution >= 0.6 is 0 Å². The second kappa shape index (κ2) is 5.78. The molecule has 0 fully saturated rings. The lowest BCUT2D eigenvalue weighted by Gasteiger charge is -2.07. The number of hydrogen-bond acceptors (Lipinski definition) is 3. The van der Waals surface area contributed by atoms with Crippen molar-refractivity contribution in [3.8, 4) is 11.5 Å². The summed E-state index contributed by atoms with van der Waals surface area (Å²) >= 11 is 0. The van der Waals surface area contributed by atoms with Crippen molar-refractivity contribution in [2.45, 2.75) is 20.3 Å². The Morgan fingerprint density at radius 1 is 1.05 bits per heavy atom. The average Bonchev–Trinajstić information content (AvgIpc) is 2.41. The van der Waals surface area contributed by atoms with Crippen LogP contribution in [0.1, 0.15) is 35.3 Å². The third-order valence-electron chi connectivity index (χ3n) is 3.08. The first kappa shape index (κ1) is 14.1. The smallest absolute Gasteiger partial charge is 0.196 e. The molecule has 104 valence electrons. The fourth-order valence-electron chi connectivity index (χ4n) is 2.13. The zero-order chi connectivity index (χ0) is 14.7. The van der Waals surface area contributed by atoms with Crippen LogP contribution in [0, 0.1) is 5.92 Å². The molecule has 0 bridgehead atoms. The van der Waals surface area contributed by atoms with E-state index in [2.05, 4.69) is 13.8 Å². The summed E-state index contributed by atoms with van der Waals surface area (Å²) in [6.07, 6.45) is 0.964. The molecule has 0 atom stereocenters. The standard InChI is InChI=1S/C17H18O3/c1-11(2)9-12-3-5-13(6-4-12)17(20)15-10-14(18)7-8-16(15)19/h3-8,10-11,18-19H,9H2,1-2H3. The summed E-state index contributed by atoms with van der Waals surface area (Å²) in [4.78, 5) is 12.3. The number of phenolic OH excluding ortho intramolecular Hbond substituents is 2. The Morgan fingerprint density at radius 2 is 1.70 bits per heavy atom. The van der Waals surface area contributed by atoms with Gasteiger partial charge in [0.15, 0.2) is 5.78 Å². The monoisotopic (exact) mass is 270 g/mol. The van der Waals surface area contributed by atoms with Crippen LogP contribution in [0.3, 0.4) is 0 Å². The summed E-state index contributed by atoms with van der Waals surface area (Å²) in [5.74, 6) is 0.0998. The van der Waals surface area contributed by atoms with Gasteiger partial charge in [-0.3, -0.25) is 4.79 Å². The van der Waals surface area contributed by atoms with Gasteiger partial charge in [-0.25, -0.2) is 0 Å². The minimum Gasteiger partial charge on any atom is -0.508 e. The van der Waals surface area contributed by atoms with Crippen LogP contribution in [0.25, 0.3) is 0 Å². The minimum absolute atomic E-state index is 0.0393. The van der Waals surface area contributed by atoms with E-state index in [4.69, 9.17) is 0 Å². The molecule has 0 radical (unpaired) electrons. The Hall–Kier alpha value is -2.29. The van der Waals surface area contributed by atoms with Crippen molar-refractivity contribution in [1.29, 1.82) is 0 Å². The number of benzene rings is 2. The number of hydrogen-bond donors (Lipinski definition) is 2. The number of phenols is 2. The topological polar surface area (TPSA) is 57.5 Å². The van der Waals surface area contributed by atoms with E-state index in [1.807, 2.05) is 12.1 Å². The maximum atomic E-state index is 12.3. The quantitative estimate of drug-likeness (QED) is 0.660. The molecule has 0 saturated heterocycles. The van der Waals surface area contributed by atoms with Crippen LogP contribution < -0.4 is 0 Å². The molecule has 0 aliphatic carbocycles. The van der Waals surface area contributed by atoms with E-state index in [1.165, 1.54) is 23.8 Å². The van der Waals surface area contributed by atoms with Crippen LogP contribution in [0.15, 0.2) is 42.5 Å². The Morgan fingerprint density at radius 3 is 2.30 bits per heavy atom. The average molecular weight is 270 g/mol. The van der Waals surface area contributed by atoms with Gasteiger partial charge in [-0.1, -0.05) is 38.1 Å². The molecule has 20 heavy (non-hydrogen) atoms. The zero-order valence-corrected chi connectivity index (χ0v) is 11.6.